The molecule has 0 radical (unpaired) electrons. The summed E-state index contributed by atoms with van der Waals surface area (Å²) in [6, 6.07) is 0. The summed E-state index contributed by atoms with van der Waals surface area (Å²) in [6.07, 6.45) is 10.4. The van der Waals surface area contributed by atoms with Gasteiger partial charge in [0.15, 0.2) is 11.7 Å². The Labute approximate surface area is 299 Å². The van der Waals surface area contributed by atoms with Gasteiger partial charge in [-0.1, -0.05) is 0 Å². The first kappa shape index (κ1) is 38.7. The summed E-state index contributed by atoms with van der Waals surface area (Å²) in [7, 11) is 7.23. The summed E-state index contributed by atoms with van der Waals surface area (Å²) in [4.78, 5) is 54.0. The topological polar surface area (TPSA) is 178 Å². The van der Waals surface area contributed by atoms with Crippen molar-refractivity contribution < 1.29 is 9.59 Å². The molecule has 3 aliphatic rings. The number of aryl methyl sites for hydroxylation is 7. The first-order valence-electron chi connectivity index (χ1n) is 15.3. The molecule has 4 aromatic heterocycles. The fourth-order valence-electron chi connectivity index (χ4n) is 5.14. The Bertz CT molecular complexity index is 1800. The number of carbonyl (C=O) groups excluding carboxylic acids is 2. The molecule has 16 heteroatoms. The van der Waals surface area contributed by atoms with E-state index in [9.17, 15) is 9.59 Å². The lowest BCUT2D eigenvalue weighted by Crippen LogP contribution is -2.21. The van der Waals surface area contributed by atoms with Crippen LogP contribution in [0.1, 0.15) is 75.5 Å². The first-order valence-corrected chi connectivity index (χ1v) is 17.7. The summed E-state index contributed by atoms with van der Waals surface area (Å²) >= 11 is 5.08. The third-order valence-corrected chi connectivity index (χ3v) is 10.3. The molecule has 4 heterocycles. The fourth-order valence-corrected chi connectivity index (χ4v) is 8.00. The maximum Gasteiger partial charge on any atom is 0.223 e. The Balaban J connectivity index is 0.000000183. The van der Waals surface area contributed by atoms with E-state index in [-0.39, 0.29) is 29.9 Å². The number of nitrogens with two attached hydrogens (primary N) is 2. The van der Waals surface area contributed by atoms with Crippen LogP contribution in [-0.2, 0) is 25.7 Å². The van der Waals surface area contributed by atoms with Crippen LogP contribution in [0, 0.1) is 20.8 Å². The molecule has 7 rings (SSSR count). The lowest BCUT2D eigenvalue weighted by atomic mass is 9.96. The number of rotatable bonds is 2. The highest BCUT2D eigenvalue weighted by atomic mass is 35.5. The number of guanidine groups is 1. The number of aromatic nitrogens is 5. The number of Topliss-reactive ketones (excluding diaryl/α,β-unsaturated/α-hetero) is 2. The zero-order valence-electron chi connectivity index (χ0n) is 28.3. The third kappa shape index (κ3) is 9.87. The maximum atomic E-state index is 12.0. The zero-order chi connectivity index (χ0) is 34.2. The number of nitrogens with one attached hydrogen (secondary N) is 1. The summed E-state index contributed by atoms with van der Waals surface area (Å²) < 4.78 is 0. The van der Waals surface area contributed by atoms with Crippen LogP contribution in [-0.4, -0.2) is 75.5 Å². The molecule has 0 atom stereocenters. The molecule has 4 aromatic rings. The van der Waals surface area contributed by atoms with Crippen LogP contribution in [0.2, 0.25) is 0 Å². The van der Waals surface area contributed by atoms with E-state index in [4.69, 9.17) is 11.5 Å². The lowest BCUT2D eigenvalue weighted by Gasteiger charge is -2.14. The predicted molar refractivity (Wildman–Crippen MR) is 199 cm³/mol. The molecule has 258 valence electrons. The molecule has 0 saturated heterocycles. The summed E-state index contributed by atoms with van der Waals surface area (Å²) in [6.45, 7) is 5.95. The minimum absolute atomic E-state index is 0. The summed E-state index contributed by atoms with van der Waals surface area (Å²) in [5.41, 5.74) is 15.2. The Hall–Kier alpha value is -3.79. The molecule has 0 aliphatic heterocycles. The molecule has 0 aromatic carbocycles. The van der Waals surface area contributed by atoms with Crippen molar-refractivity contribution in [3.63, 3.8) is 0 Å². The van der Waals surface area contributed by atoms with Crippen LogP contribution < -0.4 is 16.8 Å². The largest absolute Gasteiger partial charge is 0.383 e. The average molecular weight is 731 g/mol. The number of anilines is 1. The standard InChI is InChI=1S/C11H12N4S.C11H14N2OS.C8H9NOS.C2H7N3.ClH/c1-6-14-10-8(16-6)4-3-7-5-13-11(12-2)15-9(7)10;1-7-12-10-9(15-7)5-4-8(11(10)14)6-13(2)3;1-5-9-8-6(10)3-2-4-7(8)11-5;1-5-2(3)4;/h5H,3-4H2,1-2H3,(H,12,13,15);6H,4-5H2,1-3H3;2-4H2,1H3;1H3,(H4,3,4,5);1H/b;8-6-;;;. The van der Waals surface area contributed by atoms with E-state index in [0.717, 1.165) is 81.1 Å². The SMILES string of the molecule is CN=C(N)N.CNc1ncc2c(n1)-c1nc(C)sc1CC2.Cc1nc2c(s1)CC/C(=C/N(C)C)C2=O.Cc1nc2c(s1)CCCC2=O.Cl. The van der Waals surface area contributed by atoms with Crippen molar-refractivity contribution in [3.05, 3.63) is 64.6 Å². The van der Waals surface area contributed by atoms with Gasteiger partial charge in [0.05, 0.1) is 20.7 Å². The number of fused-ring (bicyclic) bond motifs is 5. The highest BCUT2D eigenvalue weighted by Crippen LogP contribution is 2.35. The van der Waals surface area contributed by atoms with Gasteiger partial charge in [-0.15, -0.1) is 46.4 Å². The van der Waals surface area contributed by atoms with Crippen LogP contribution in [0.3, 0.4) is 0 Å². The van der Waals surface area contributed by atoms with Crippen molar-refractivity contribution in [3.8, 4) is 11.4 Å². The van der Waals surface area contributed by atoms with E-state index in [1.807, 2.05) is 59.2 Å². The van der Waals surface area contributed by atoms with Crippen LogP contribution in [0.5, 0.6) is 0 Å². The number of allylic oxidation sites excluding steroid dienone is 1. The van der Waals surface area contributed by atoms with Crippen molar-refractivity contribution in [2.24, 2.45) is 16.5 Å². The van der Waals surface area contributed by atoms with Crippen molar-refractivity contribution in [1.29, 1.82) is 0 Å². The van der Waals surface area contributed by atoms with Crippen molar-refractivity contribution in [2.75, 3.05) is 33.5 Å². The third-order valence-electron chi connectivity index (χ3n) is 7.22. The van der Waals surface area contributed by atoms with Gasteiger partial charge in [0.2, 0.25) is 11.7 Å². The maximum absolute atomic E-state index is 12.0. The fraction of sp³-hybridized carbons (Fsp3) is 0.438. The predicted octanol–water partition coefficient (Wildman–Crippen LogP) is 5.36. The smallest absolute Gasteiger partial charge is 0.223 e. The van der Waals surface area contributed by atoms with Crippen molar-refractivity contribution in [1.82, 2.24) is 29.8 Å². The number of nitrogens with zero attached hydrogens (tertiary/aromatic N) is 7. The van der Waals surface area contributed by atoms with Gasteiger partial charge in [-0.2, -0.15) is 0 Å². The van der Waals surface area contributed by atoms with Gasteiger partial charge in [-0.05, 0) is 64.9 Å². The molecule has 48 heavy (non-hydrogen) atoms. The Kier molecular flexibility index (Phi) is 14.1. The van der Waals surface area contributed by atoms with Crippen LogP contribution in [0.15, 0.2) is 23.0 Å². The average Bonchev–Trinajstić information content (AvgIpc) is 3.74. The number of aliphatic imine (C=N–C) groups is 1. The van der Waals surface area contributed by atoms with Crippen molar-refractivity contribution >= 4 is 69.9 Å². The highest BCUT2D eigenvalue weighted by Gasteiger charge is 2.26. The second kappa shape index (κ2) is 17.6. The second-order valence-corrected chi connectivity index (χ2v) is 15.1. The van der Waals surface area contributed by atoms with E-state index in [0.29, 0.717) is 18.1 Å². The number of halogens is 1. The highest BCUT2D eigenvalue weighted by molar-refractivity contribution is 7.12. The molecule has 12 nitrogen and oxygen atoms in total. The number of hydrogen-bond acceptors (Lipinski definition) is 13. The molecule has 3 aliphatic carbocycles. The first-order chi connectivity index (χ1) is 22.4. The van der Waals surface area contributed by atoms with Gasteiger partial charge < -0.3 is 21.7 Å². The van der Waals surface area contributed by atoms with Crippen molar-refractivity contribution in [2.45, 2.75) is 65.7 Å². The van der Waals surface area contributed by atoms with E-state index >= 15 is 0 Å². The summed E-state index contributed by atoms with van der Waals surface area (Å²) in [5.74, 6) is 1.13. The zero-order valence-corrected chi connectivity index (χ0v) is 31.6. The molecular weight excluding hydrogens is 688 g/mol. The Morgan fingerprint density at radius 3 is 1.92 bits per heavy atom. The molecule has 0 spiro atoms. The van der Waals surface area contributed by atoms with E-state index in [2.05, 4.69) is 35.2 Å². The normalized spacial score (nSPS) is 14.5. The minimum atomic E-state index is 0. The van der Waals surface area contributed by atoms with Gasteiger partial charge in [-0.25, -0.2) is 24.9 Å². The molecule has 0 bridgehead atoms. The van der Waals surface area contributed by atoms with E-state index < -0.39 is 0 Å². The van der Waals surface area contributed by atoms with Gasteiger partial charge in [0.25, 0.3) is 0 Å². The Morgan fingerprint density at radius 1 is 0.812 bits per heavy atom. The molecule has 0 saturated carbocycles. The van der Waals surface area contributed by atoms with Gasteiger partial charge in [-0.3, -0.25) is 14.6 Å². The van der Waals surface area contributed by atoms with E-state index in [1.165, 1.54) is 22.4 Å². The molecule has 0 unspecified atom stereocenters. The molecule has 5 N–H and O–H groups in total. The van der Waals surface area contributed by atoms with Gasteiger partial charge in [0, 0.05) is 67.2 Å². The quantitative estimate of drug-likeness (QED) is 0.137. The number of ketones is 2. The molecule has 0 fully saturated rings. The second-order valence-electron chi connectivity index (χ2n) is 11.2. The van der Waals surface area contributed by atoms with E-state index in [1.54, 1.807) is 34.0 Å². The molecule has 0 amide bonds. The van der Waals surface area contributed by atoms with Crippen LogP contribution in [0.25, 0.3) is 11.4 Å². The van der Waals surface area contributed by atoms with Crippen LogP contribution >= 0.6 is 46.4 Å². The van der Waals surface area contributed by atoms with Gasteiger partial charge in [0.1, 0.15) is 17.1 Å². The molecular formula is C32H43ClN10O2S3. The number of thiazole rings is 3. The number of carbonyl (C=O) groups is 2. The number of hydrogen-bond donors (Lipinski definition) is 3. The summed E-state index contributed by atoms with van der Waals surface area (Å²) in [5, 5.41) is 6.09. The lowest BCUT2D eigenvalue weighted by molar-refractivity contribution is 0.0967. The Morgan fingerprint density at radius 2 is 1.35 bits per heavy atom. The van der Waals surface area contributed by atoms with Gasteiger partial charge >= 0.3 is 0 Å². The van der Waals surface area contributed by atoms with Crippen LogP contribution in [0.4, 0.5) is 5.95 Å². The minimum Gasteiger partial charge on any atom is -0.383 e. The monoisotopic (exact) mass is 730 g/mol.